The monoisotopic (exact) mass is 697 g/mol. The summed E-state index contributed by atoms with van der Waals surface area (Å²) in [6.45, 7) is 26.7. The Morgan fingerprint density at radius 2 is 1.57 bits per heavy atom. The Bertz CT molecular complexity index is 1220. The number of ether oxygens (including phenoxy) is 1. The number of para-hydroxylation sites is 2. The van der Waals surface area contributed by atoms with E-state index in [9.17, 15) is 0 Å². The maximum atomic E-state index is 5.48. The molecule has 3 aromatic carbocycles. The van der Waals surface area contributed by atoms with E-state index < -0.39 is 0 Å². The van der Waals surface area contributed by atoms with Gasteiger partial charge in [-0.3, -0.25) is 0 Å². The van der Waals surface area contributed by atoms with Gasteiger partial charge in [0.25, 0.3) is 0 Å². The molecule has 1 atom stereocenters. The number of rotatable bonds is 8. The van der Waals surface area contributed by atoms with E-state index in [0.29, 0.717) is 5.92 Å². The summed E-state index contributed by atoms with van der Waals surface area (Å²) >= 11 is -0.346. The van der Waals surface area contributed by atoms with Crippen LogP contribution in [0.2, 0.25) is 0 Å². The Labute approximate surface area is 273 Å². The Balaban J connectivity index is 0.000000365. The molecule has 1 aliphatic rings. The molecule has 0 saturated carbocycles. The number of hydrogen-bond donors (Lipinski definition) is 0. The van der Waals surface area contributed by atoms with Crippen LogP contribution in [0.3, 0.4) is 0 Å². The van der Waals surface area contributed by atoms with E-state index in [1.807, 2.05) is 38.1 Å². The van der Waals surface area contributed by atoms with Crippen LogP contribution < -0.4 is 9.64 Å². The van der Waals surface area contributed by atoms with Crippen molar-refractivity contribution in [2.75, 3.05) is 4.90 Å². The summed E-state index contributed by atoms with van der Waals surface area (Å²) in [6.07, 6.45) is 4.82. The standard InChI is InChI=1S/C27H38N.C10H13O.2ClH.Ru/c1-8-10-23-12-9-11-21(4)25(23)28-19-27(7,18-26(28,5)6)24-15-13-22(14-16-24)17-20(2)3;1-8(2)11-10-7-5-4-6-9(10)3;;;/h9,11-16,19-20H,8,10,17-18H2,1-7H3;4-8H,3H2,1-2H3;2*1H;/q2*-1;;;+4/p-2. The number of aryl methyl sites for hydroxylation is 2. The second-order valence-electron chi connectivity index (χ2n) is 12.9. The third kappa shape index (κ3) is 10.5. The average molecular weight is 698 g/mol. The first-order valence-corrected chi connectivity index (χ1v) is 19.5. The molecule has 232 valence electrons. The van der Waals surface area contributed by atoms with E-state index in [1.165, 1.54) is 34.4 Å². The SMILES string of the molecule is CCCc1cccc(C)c1N1[CH-]C(C)(c2ccc(CC(C)C)cc2)CC1(C)C.[CH2-]c1ccccc1OC(C)C.[Cl][Ru+2][Cl]. The first-order chi connectivity index (χ1) is 19.8. The molecule has 0 aliphatic carbocycles. The molecule has 3 aromatic rings. The zero-order valence-corrected chi connectivity index (χ0v) is 30.3. The molecule has 1 aliphatic heterocycles. The van der Waals surface area contributed by atoms with Crippen molar-refractivity contribution in [1.29, 1.82) is 0 Å². The average Bonchev–Trinajstić information content (AvgIpc) is 3.15. The van der Waals surface area contributed by atoms with Crippen LogP contribution in [0.1, 0.15) is 96.0 Å². The number of nitrogens with zero attached hydrogens (tertiary/aromatic N) is 1. The van der Waals surface area contributed by atoms with Crippen LogP contribution in [0.5, 0.6) is 5.75 Å². The normalized spacial score (nSPS) is 17.4. The third-order valence-corrected chi connectivity index (χ3v) is 7.54. The molecule has 1 heterocycles. The molecule has 0 amide bonds. The first kappa shape index (κ1) is 36.5. The molecule has 1 saturated heterocycles. The Morgan fingerprint density at radius 1 is 0.952 bits per heavy atom. The van der Waals surface area contributed by atoms with Gasteiger partial charge in [0.15, 0.2) is 0 Å². The van der Waals surface area contributed by atoms with Crippen molar-refractivity contribution < 1.29 is 19.9 Å². The van der Waals surface area contributed by atoms with Crippen molar-refractivity contribution in [3.8, 4) is 5.75 Å². The number of halogens is 2. The fraction of sp³-hybridized carbons (Fsp3) is 0.459. The molecule has 5 heteroatoms. The van der Waals surface area contributed by atoms with Crippen LogP contribution in [0.15, 0.2) is 66.7 Å². The van der Waals surface area contributed by atoms with E-state index >= 15 is 0 Å². The Hall–Kier alpha value is -1.67. The fourth-order valence-corrected chi connectivity index (χ4v) is 5.93. The molecule has 4 rings (SSSR count). The van der Waals surface area contributed by atoms with Gasteiger partial charge in [0.2, 0.25) is 0 Å². The molecule has 0 bridgehead atoms. The summed E-state index contributed by atoms with van der Waals surface area (Å²) in [7, 11) is 9.71. The zero-order valence-electron chi connectivity index (χ0n) is 27.1. The summed E-state index contributed by atoms with van der Waals surface area (Å²) in [5.41, 5.74) is 8.26. The quantitative estimate of drug-likeness (QED) is 0.172. The number of benzene rings is 3. The molecule has 0 aromatic heterocycles. The van der Waals surface area contributed by atoms with Crippen molar-refractivity contribution in [1.82, 2.24) is 0 Å². The third-order valence-electron chi connectivity index (χ3n) is 7.54. The second-order valence-corrected chi connectivity index (χ2v) is 15.5. The van der Waals surface area contributed by atoms with E-state index in [4.69, 9.17) is 24.1 Å². The van der Waals surface area contributed by atoms with Crippen molar-refractivity contribution in [2.45, 2.75) is 105 Å². The molecule has 1 fully saturated rings. The van der Waals surface area contributed by atoms with Gasteiger partial charge in [-0.25, -0.2) is 6.54 Å². The zero-order chi connectivity index (χ0) is 31.5. The van der Waals surface area contributed by atoms with Crippen molar-refractivity contribution >= 4 is 25.1 Å². The van der Waals surface area contributed by atoms with Crippen molar-refractivity contribution in [3.63, 3.8) is 0 Å². The summed E-state index contributed by atoms with van der Waals surface area (Å²) in [5, 5.41) is 0. The van der Waals surface area contributed by atoms with Crippen LogP contribution in [0.25, 0.3) is 0 Å². The summed E-state index contributed by atoms with van der Waals surface area (Å²) in [6, 6.07) is 23.9. The van der Waals surface area contributed by atoms with Gasteiger partial charge in [-0.05, 0) is 76.5 Å². The predicted octanol–water partition coefficient (Wildman–Crippen LogP) is 11.3. The predicted molar refractivity (Wildman–Crippen MR) is 181 cm³/mol. The van der Waals surface area contributed by atoms with Gasteiger partial charge in [0.05, 0.1) is 6.10 Å². The van der Waals surface area contributed by atoms with Crippen LogP contribution in [-0.4, -0.2) is 11.6 Å². The minimum atomic E-state index is -0.346. The maximum absolute atomic E-state index is 5.48. The minimum absolute atomic E-state index is 0.0611. The van der Waals surface area contributed by atoms with Crippen molar-refractivity contribution in [2.24, 2.45) is 5.92 Å². The molecule has 1 unspecified atom stereocenters. The van der Waals surface area contributed by atoms with Crippen LogP contribution in [-0.2, 0) is 33.4 Å². The summed E-state index contributed by atoms with van der Waals surface area (Å²) in [4.78, 5) is 2.58. The van der Waals surface area contributed by atoms with Crippen LogP contribution in [0.4, 0.5) is 5.69 Å². The van der Waals surface area contributed by atoms with E-state index in [1.54, 1.807) is 0 Å². The molecule has 0 radical (unpaired) electrons. The summed E-state index contributed by atoms with van der Waals surface area (Å²) < 4.78 is 5.48. The molecule has 0 spiro atoms. The van der Waals surface area contributed by atoms with E-state index in [-0.39, 0.29) is 32.2 Å². The number of anilines is 1. The van der Waals surface area contributed by atoms with E-state index in [0.717, 1.165) is 30.6 Å². The summed E-state index contributed by atoms with van der Waals surface area (Å²) in [5.74, 6) is 1.58. The fourth-order valence-electron chi connectivity index (χ4n) is 5.93. The van der Waals surface area contributed by atoms with E-state index in [2.05, 4.69) is 109 Å². The van der Waals surface area contributed by atoms with Gasteiger partial charge in [0, 0.05) is 17.0 Å². The van der Waals surface area contributed by atoms with Gasteiger partial charge in [0.1, 0.15) is 0 Å². The van der Waals surface area contributed by atoms with Gasteiger partial charge in [-0.1, -0.05) is 94.3 Å². The Morgan fingerprint density at radius 3 is 2.12 bits per heavy atom. The van der Waals surface area contributed by atoms with Crippen LogP contribution in [0, 0.1) is 26.3 Å². The van der Waals surface area contributed by atoms with Crippen molar-refractivity contribution in [3.05, 3.63) is 108 Å². The number of hydrogen-bond acceptors (Lipinski definition) is 2. The van der Waals surface area contributed by atoms with Gasteiger partial charge < -0.3 is 9.64 Å². The topological polar surface area (TPSA) is 12.5 Å². The van der Waals surface area contributed by atoms with Gasteiger partial charge in [-0.2, -0.15) is 18.6 Å². The molecule has 0 N–H and O–H groups in total. The molecular formula is C37H51Cl2NORu. The first-order valence-electron chi connectivity index (χ1n) is 15.0. The van der Waals surface area contributed by atoms with Gasteiger partial charge in [-0.15, -0.1) is 11.5 Å². The van der Waals surface area contributed by atoms with Gasteiger partial charge >= 0.3 is 34.5 Å². The van der Waals surface area contributed by atoms with Crippen LogP contribution >= 0.6 is 19.4 Å². The molecule has 42 heavy (non-hydrogen) atoms. The molecule has 2 nitrogen and oxygen atoms in total. The Kier molecular flexibility index (Phi) is 14.8. The molecular weight excluding hydrogens is 646 g/mol. The second kappa shape index (κ2) is 17.0.